The molecule has 1 aliphatic rings. The van der Waals surface area contributed by atoms with Crippen molar-refractivity contribution in [2.24, 2.45) is 0 Å². The van der Waals surface area contributed by atoms with Crippen LogP contribution in [-0.2, 0) is 0 Å². The first-order valence-electron chi connectivity index (χ1n) is 4.57. The quantitative estimate of drug-likeness (QED) is 0.640. The summed E-state index contributed by atoms with van der Waals surface area (Å²) in [6, 6.07) is 0. The van der Waals surface area contributed by atoms with Gasteiger partial charge in [0.1, 0.15) is 0 Å². The Labute approximate surface area is 74.3 Å². The highest BCUT2D eigenvalue weighted by Gasteiger charge is 2.33. The lowest BCUT2D eigenvalue weighted by molar-refractivity contribution is 0.182. The van der Waals surface area contributed by atoms with Crippen LogP contribution in [0.15, 0.2) is 0 Å². The number of hydrogen-bond acceptors (Lipinski definition) is 2. The van der Waals surface area contributed by atoms with Crippen LogP contribution < -0.4 is 5.32 Å². The van der Waals surface area contributed by atoms with Crippen LogP contribution in [0.5, 0.6) is 0 Å². The summed E-state index contributed by atoms with van der Waals surface area (Å²) < 4.78 is 0. The van der Waals surface area contributed by atoms with E-state index in [0.717, 1.165) is 0 Å². The molecule has 1 saturated carbocycles. The molecule has 0 atom stereocenters. The lowest BCUT2D eigenvalue weighted by Crippen LogP contribution is -2.51. The van der Waals surface area contributed by atoms with Crippen molar-refractivity contribution in [3.63, 3.8) is 0 Å². The predicted octanol–water partition coefficient (Wildman–Crippen LogP) is 2.27. The summed E-state index contributed by atoms with van der Waals surface area (Å²) in [6.07, 6.45) is 7.71. The zero-order valence-corrected chi connectivity index (χ0v) is 8.47. The first kappa shape index (κ1) is 9.40. The van der Waals surface area contributed by atoms with Gasteiger partial charge in [0.05, 0.1) is 0 Å². The standard InChI is InChI=1S/C9H19NS/c1-3-9(5-4-6-9)10-7-8-11-2/h10H,3-8H2,1-2H3. The summed E-state index contributed by atoms with van der Waals surface area (Å²) in [6.45, 7) is 3.49. The number of rotatable bonds is 5. The number of hydrogen-bond donors (Lipinski definition) is 1. The van der Waals surface area contributed by atoms with Crippen molar-refractivity contribution in [1.29, 1.82) is 0 Å². The minimum absolute atomic E-state index is 0.551. The monoisotopic (exact) mass is 173 g/mol. The Morgan fingerprint density at radius 1 is 1.45 bits per heavy atom. The molecule has 0 spiro atoms. The van der Waals surface area contributed by atoms with Crippen LogP contribution >= 0.6 is 11.8 Å². The van der Waals surface area contributed by atoms with Gasteiger partial charge in [-0.3, -0.25) is 0 Å². The van der Waals surface area contributed by atoms with Crippen LogP contribution in [-0.4, -0.2) is 24.1 Å². The molecular formula is C9H19NS. The van der Waals surface area contributed by atoms with Gasteiger partial charge in [-0.2, -0.15) is 11.8 Å². The first-order chi connectivity index (χ1) is 5.33. The second kappa shape index (κ2) is 4.36. The topological polar surface area (TPSA) is 12.0 Å². The molecule has 1 nitrogen and oxygen atoms in total. The predicted molar refractivity (Wildman–Crippen MR) is 53.3 cm³/mol. The third-order valence-corrected chi connectivity index (χ3v) is 3.41. The van der Waals surface area contributed by atoms with Gasteiger partial charge in [-0.25, -0.2) is 0 Å². The Balaban J connectivity index is 2.11. The van der Waals surface area contributed by atoms with Gasteiger partial charge in [0.25, 0.3) is 0 Å². The van der Waals surface area contributed by atoms with Gasteiger partial charge in [0.2, 0.25) is 0 Å². The van der Waals surface area contributed by atoms with Crippen molar-refractivity contribution in [2.45, 2.75) is 38.1 Å². The Kier molecular flexibility index (Phi) is 3.73. The molecule has 1 rings (SSSR count). The van der Waals surface area contributed by atoms with E-state index in [1.165, 1.54) is 38.0 Å². The van der Waals surface area contributed by atoms with Gasteiger partial charge in [-0.1, -0.05) is 6.92 Å². The molecule has 0 aliphatic heterocycles. The van der Waals surface area contributed by atoms with Crippen LogP contribution in [0.4, 0.5) is 0 Å². The average molecular weight is 173 g/mol. The SMILES string of the molecule is CCC1(NCCSC)CCC1. The maximum Gasteiger partial charge on any atom is 0.0179 e. The van der Waals surface area contributed by atoms with Crippen molar-refractivity contribution < 1.29 is 0 Å². The van der Waals surface area contributed by atoms with Crippen molar-refractivity contribution in [1.82, 2.24) is 5.32 Å². The maximum atomic E-state index is 3.66. The maximum absolute atomic E-state index is 3.66. The van der Waals surface area contributed by atoms with Crippen molar-refractivity contribution >= 4 is 11.8 Å². The fourth-order valence-corrected chi connectivity index (χ4v) is 1.98. The largest absolute Gasteiger partial charge is 0.310 e. The van der Waals surface area contributed by atoms with Crippen LogP contribution in [0.2, 0.25) is 0 Å². The summed E-state index contributed by atoms with van der Waals surface area (Å²) >= 11 is 1.92. The van der Waals surface area contributed by atoms with E-state index < -0.39 is 0 Å². The lowest BCUT2D eigenvalue weighted by atomic mass is 9.75. The molecule has 0 saturated heterocycles. The van der Waals surface area contributed by atoms with E-state index in [-0.39, 0.29) is 0 Å². The molecule has 0 amide bonds. The van der Waals surface area contributed by atoms with E-state index in [9.17, 15) is 0 Å². The minimum atomic E-state index is 0.551. The van der Waals surface area contributed by atoms with E-state index in [0.29, 0.717) is 5.54 Å². The van der Waals surface area contributed by atoms with Gasteiger partial charge in [-0.05, 0) is 31.9 Å². The second-order valence-corrected chi connectivity index (χ2v) is 4.39. The van der Waals surface area contributed by atoms with Gasteiger partial charge in [0, 0.05) is 17.8 Å². The smallest absolute Gasteiger partial charge is 0.0179 e. The van der Waals surface area contributed by atoms with Crippen molar-refractivity contribution in [3.8, 4) is 0 Å². The molecule has 11 heavy (non-hydrogen) atoms. The number of thioether (sulfide) groups is 1. The van der Waals surface area contributed by atoms with Gasteiger partial charge < -0.3 is 5.32 Å². The minimum Gasteiger partial charge on any atom is -0.310 e. The highest BCUT2D eigenvalue weighted by Crippen LogP contribution is 2.34. The van der Waals surface area contributed by atoms with Crippen LogP contribution in [0.1, 0.15) is 32.6 Å². The van der Waals surface area contributed by atoms with Gasteiger partial charge >= 0.3 is 0 Å². The Hall–Kier alpha value is 0.310. The molecule has 0 radical (unpaired) electrons. The van der Waals surface area contributed by atoms with E-state index in [1.54, 1.807) is 0 Å². The third kappa shape index (κ3) is 2.38. The molecular weight excluding hydrogens is 154 g/mol. The molecule has 0 aromatic heterocycles. The van der Waals surface area contributed by atoms with E-state index in [4.69, 9.17) is 0 Å². The molecule has 66 valence electrons. The fourth-order valence-electron chi connectivity index (χ4n) is 1.68. The molecule has 2 heteroatoms. The zero-order valence-electron chi connectivity index (χ0n) is 7.65. The molecule has 0 aromatic rings. The van der Waals surface area contributed by atoms with Gasteiger partial charge in [0.15, 0.2) is 0 Å². The molecule has 0 heterocycles. The third-order valence-electron chi connectivity index (χ3n) is 2.79. The first-order valence-corrected chi connectivity index (χ1v) is 5.96. The second-order valence-electron chi connectivity index (χ2n) is 3.41. The normalized spacial score (nSPS) is 21.3. The summed E-state index contributed by atoms with van der Waals surface area (Å²) in [4.78, 5) is 0. The molecule has 1 fully saturated rings. The van der Waals surface area contributed by atoms with Crippen LogP contribution in [0.3, 0.4) is 0 Å². The molecule has 0 aromatic carbocycles. The van der Waals surface area contributed by atoms with Crippen molar-refractivity contribution in [3.05, 3.63) is 0 Å². The fraction of sp³-hybridized carbons (Fsp3) is 1.00. The Bertz CT molecular complexity index is 105. The van der Waals surface area contributed by atoms with E-state index in [1.807, 2.05) is 11.8 Å². The Morgan fingerprint density at radius 3 is 2.55 bits per heavy atom. The summed E-state index contributed by atoms with van der Waals surface area (Å²) in [7, 11) is 0. The highest BCUT2D eigenvalue weighted by molar-refractivity contribution is 7.98. The molecule has 1 N–H and O–H groups in total. The zero-order chi connectivity index (χ0) is 8.16. The van der Waals surface area contributed by atoms with Gasteiger partial charge in [-0.15, -0.1) is 0 Å². The summed E-state index contributed by atoms with van der Waals surface area (Å²) in [5.41, 5.74) is 0.551. The van der Waals surface area contributed by atoms with Crippen LogP contribution in [0, 0.1) is 0 Å². The molecule has 1 aliphatic carbocycles. The highest BCUT2D eigenvalue weighted by atomic mass is 32.2. The molecule has 0 unspecified atom stereocenters. The summed E-state index contributed by atoms with van der Waals surface area (Å²) in [5.74, 6) is 1.25. The number of nitrogens with one attached hydrogen (secondary N) is 1. The Morgan fingerprint density at radius 2 is 2.18 bits per heavy atom. The lowest BCUT2D eigenvalue weighted by Gasteiger charge is -2.42. The molecule has 0 bridgehead atoms. The summed E-state index contributed by atoms with van der Waals surface area (Å²) in [5, 5.41) is 3.66. The van der Waals surface area contributed by atoms with Crippen molar-refractivity contribution in [2.75, 3.05) is 18.6 Å². The van der Waals surface area contributed by atoms with E-state index >= 15 is 0 Å². The average Bonchev–Trinajstić information content (AvgIpc) is 1.95. The van der Waals surface area contributed by atoms with Crippen LogP contribution in [0.25, 0.3) is 0 Å². The van der Waals surface area contributed by atoms with E-state index in [2.05, 4.69) is 18.5 Å².